The van der Waals surface area contributed by atoms with E-state index in [2.05, 4.69) is 0 Å². The van der Waals surface area contributed by atoms with Crippen LogP contribution in [0.4, 0.5) is 13.2 Å². The van der Waals surface area contributed by atoms with E-state index in [1.807, 2.05) is 6.92 Å². The van der Waals surface area contributed by atoms with E-state index in [9.17, 15) is 13.2 Å². The molecule has 1 saturated carbocycles. The Morgan fingerprint density at radius 2 is 2.11 bits per heavy atom. The van der Waals surface area contributed by atoms with Gasteiger partial charge in [-0.1, -0.05) is 11.6 Å². The Hall–Kier alpha value is -0.940. The minimum Gasteiger partial charge on any atom is -0.486 e. The lowest BCUT2D eigenvalue weighted by Crippen LogP contribution is -2.27. The van der Waals surface area contributed by atoms with Gasteiger partial charge in [-0.05, 0) is 19.1 Å². The SMILES string of the molecule is CC12CC1(CN)c1cc(C(F)(F)F)c(Cl)cc1O2. The highest BCUT2D eigenvalue weighted by molar-refractivity contribution is 6.31. The molecule has 18 heavy (non-hydrogen) atoms. The first-order chi connectivity index (χ1) is 8.23. The number of alkyl halides is 3. The van der Waals surface area contributed by atoms with E-state index in [-0.39, 0.29) is 11.6 Å². The molecule has 0 radical (unpaired) electrons. The summed E-state index contributed by atoms with van der Waals surface area (Å²) >= 11 is 5.66. The number of hydrogen-bond donors (Lipinski definition) is 1. The Morgan fingerprint density at radius 3 is 2.67 bits per heavy atom. The molecular formula is C12H11ClF3NO. The third-order valence-electron chi connectivity index (χ3n) is 4.10. The van der Waals surface area contributed by atoms with Crippen LogP contribution < -0.4 is 10.5 Å². The van der Waals surface area contributed by atoms with Crippen LogP contribution in [0.5, 0.6) is 5.75 Å². The molecule has 0 saturated heterocycles. The van der Waals surface area contributed by atoms with Gasteiger partial charge in [-0.25, -0.2) is 0 Å². The van der Waals surface area contributed by atoms with Gasteiger partial charge in [-0.3, -0.25) is 0 Å². The molecule has 6 heteroatoms. The van der Waals surface area contributed by atoms with Crippen LogP contribution in [0.1, 0.15) is 24.5 Å². The van der Waals surface area contributed by atoms with Crippen LogP contribution in [0.25, 0.3) is 0 Å². The van der Waals surface area contributed by atoms with Crippen molar-refractivity contribution >= 4 is 11.6 Å². The number of rotatable bonds is 1. The number of benzene rings is 1. The summed E-state index contributed by atoms with van der Waals surface area (Å²) in [6, 6.07) is 2.33. The molecule has 3 rings (SSSR count). The Balaban J connectivity index is 2.18. The fourth-order valence-electron chi connectivity index (χ4n) is 2.92. The van der Waals surface area contributed by atoms with E-state index >= 15 is 0 Å². The number of nitrogens with two attached hydrogens (primary N) is 1. The molecule has 1 fully saturated rings. The van der Waals surface area contributed by atoms with Gasteiger partial charge in [0.2, 0.25) is 0 Å². The third-order valence-corrected chi connectivity index (χ3v) is 4.41. The van der Waals surface area contributed by atoms with Crippen molar-refractivity contribution in [3.8, 4) is 5.75 Å². The molecule has 0 aromatic heterocycles. The van der Waals surface area contributed by atoms with E-state index < -0.39 is 22.8 Å². The van der Waals surface area contributed by atoms with Gasteiger partial charge in [0.05, 0.1) is 16.0 Å². The topological polar surface area (TPSA) is 35.2 Å². The van der Waals surface area contributed by atoms with Gasteiger partial charge in [0, 0.05) is 18.5 Å². The highest BCUT2D eigenvalue weighted by atomic mass is 35.5. The molecule has 1 aliphatic carbocycles. The monoisotopic (exact) mass is 277 g/mol. The number of hydrogen-bond acceptors (Lipinski definition) is 2. The summed E-state index contributed by atoms with van der Waals surface area (Å²) < 4.78 is 44.2. The molecule has 2 unspecified atom stereocenters. The molecular weight excluding hydrogens is 267 g/mol. The zero-order chi connectivity index (χ0) is 13.3. The van der Waals surface area contributed by atoms with E-state index in [0.717, 1.165) is 6.07 Å². The first kappa shape index (κ1) is 12.1. The van der Waals surface area contributed by atoms with Crippen molar-refractivity contribution in [2.24, 2.45) is 5.73 Å². The number of halogens is 4. The summed E-state index contributed by atoms with van der Waals surface area (Å²) in [5.41, 5.74) is 4.47. The number of ether oxygens (including phenoxy) is 1. The van der Waals surface area contributed by atoms with Gasteiger partial charge < -0.3 is 10.5 Å². The maximum absolute atomic E-state index is 12.8. The van der Waals surface area contributed by atoms with Crippen LogP contribution in [-0.4, -0.2) is 12.1 Å². The van der Waals surface area contributed by atoms with Crippen molar-refractivity contribution in [2.75, 3.05) is 6.54 Å². The largest absolute Gasteiger partial charge is 0.486 e. The predicted molar refractivity (Wildman–Crippen MR) is 60.8 cm³/mol. The van der Waals surface area contributed by atoms with Gasteiger partial charge in [0.25, 0.3) is 0 Å². The van der Waals surface area contributed by atoms with Crippen molar-refractivity contribution in [3.63, 3.8) is 0 Å². The zero-order valence-electron chi connectivity index (χ0n) is 9.57. The minimum atomic E-state index is -4.46. The summed E-state index contributed by atoms with van der Waals surface area (Å²) in [7, 11) is 0. The normalized spacial score (nSPS) is 32.8. The summed E-state index contributed by atoms with van der Waals surface area (Å²) in [6.07, 6.45) is -3.81. The average Bonchev–Trinajstić information content (AvgIpc) is 2.75. The molecule has 0 spiro atoms. The van der Waals surface area contributed by atoms with Crippen molar-refractivity contribution in [3.05, 3.63) is 28.3 Å². The van der Waals surface area contributed by atoms with Gasteiger partial charge in [0.1, 0.15) is 11.4 Å². The first-order valence-corrected chi connectivity index (χ1v) is 5.92. The van der Waals surface area contributed by atoms with E-state index in [1.165, 1.54) is 6.07 Å². The van der Waals surface area contributed by atoms with Gasteiger partial charge >= 0.3 is 6.18 Å². The molecule has 0 amide bonds. The molecule has 0 bridgehead atoms. The van der Waals surface area contributed by atoms with Crippen LogP contribution in [0.15, 0.2) is 12.1 Å². The molecule has 1 aliphatic heterocycles. The van der Waals surface area contributed by atoms with Gasteiger partial charge in [-0.2, -0.15) is 13.2 Å². The lowest BCUT2D eigenvalue weighted by atomic mass is 9.92. The van der Waals surface area contributed by atoms with Crippen LogP contribution >= 0.6 is 11.6 Å². The molecule has 2 aliphatic rings. The fraction of sp³-hybridized carbons (Fsp3) is 0.500. The quantitative estimate of drug-likeness (QED) is 0.856. The lowest BCUT2D eigenvalue weighted by Gasteiger charge is -2.14. The maximum Gasteiger partial charge on any atom is 0.417 e. The average molecular weight is 278 g/mol. The summed E-state index contributed by atoms with van der Waals surface area (Å²) in [6.45, 7) is 2.14. The lowest BCUT2D eigenvalue weighted by molar-refractivity contribution is -0.137. The Kier molecular flexibility index (Phi) is 2.11. The van der Waals surface area contributed by atoms with Crippen LogP contribution in [0.2, 0.25) is 5.02 Å². The van der Waals surface area contributed by atoms with Gasteiger partial charge in [-0.15, -0.1) is 0 Å². The third kappa shape index (κ3) is 1.29. The Morgan fingerprint density at radius 1 is 1.44 bits per heavy atom. The van der Waals surface area contributed by atoms with Crippen molar-refractivity contribution in [1.29, 1.82) is 0 Å². The van der Waals surface area contributed by atoms with Gasteiger partial charge in [0.15, 0.2) is 0 Å². The molecule has 1 aromatic rings. The smallest absolute Gasteiger partial charge is 0.417 e. The van der Waals surface area contributed by atoms with E-state index in [4.69, 9.17) is 22.1 Å². The van der Waals surface area contributed by atoms with Crippen LogP contribution in [0, 0.1) is 0 Å². The molecule has 1 heterocycles. The van der Waals surface area contributed by atoms with Crippen molar-refractivity contribution in [1.82, 2.24) is 0 Å². The minimum absolute atomic E-state index is 0.273. The van der Waals surface area contributed by atoms with Crippen molar-refractivity contribution < 1.29 is 17.9 Å². The standard InChI is InChI=1S/C12H11ClF3NO/c1-10-4-11(10,5-17)7-2-6(12(14,15)16)8(13)3-9(7)18-10/h2-3H,4-5,17H2,1H3. The summed E-state index contributed by atoms with van der Waals surface area (Å²) in [5.74, 6) is 0.423. The zero-order valence-corrected chi connectivity index (χ0v) is 10.3. The summed E-state index contributed by atoms with van der Waals surface area (Å²) in [4.78, 5) is 0. The maximum atomic E-state index is 12.8. The van der Waals surface area contributed by atoms with E-state index in [0.29, 0.717) is 17.7 Å². The fourth-order valence-corrected chi connectivity index (χ4v) is 3.18. The molecule has 1 aromatic carbocycles. The molecule has 2 atom stereocenters. The highest BCUT2D eigenvalue weighted by Gasteiger charge is 2.72. The highest BCUT2D eigenvalue weighted by Crippen LogP contribution is 2.66. The summed E-state index contributed by atoms with van der Waals surface area (Å²) in [5, 5.41) is -0.335. The van der Waals surface area contributed by atoms with Crippen molar-refractivity contribution in [2.45, 2.75) is 30.5 Å². The second-order valence-corrected chi connectivity index (χ2v) is 5.53. The van der Waals surface area contributed by atoms with Crippen LogP contribution in [0.3, 0.4) is 0 Å². The Bertz CT molecular complexity index is 545. The van der Waals surface area contributed by atoms with E-state index in [1.54, 1.807) is 0 Å². The molecule has 98 valence electrons. The predicted octanol–water partition coefficient (Wildman–Crippen LogP) is 3.11. The second kappa shape index (κ2) is 3.14. The Labute approximate surface area is 107 Å². The first-order valence-electron chi connectivity index (χ1n) is 5.54. The number of fused-ring (bicyclic) bond motifs is 3. The van der Waals surface area contributed by atoms with Crippen LogP contribution in [-0.2, 0) is 11.6 Å². The molecule has 2 N–H and O–H groups in total. The molecule has 2 nitrogen and oxygen atoms in total. The second-order valence-electron chi connectivity index (χ2n) is 5.12.